The van der Waals surface area contributed by atoms with E-state index in [-0.39, 0.29) is 13.2 Å². The molecule has 1 heterocycles. The van der Waals surface area contributed by atoms with Crippen LogP contribution in [0, 0.1) is 0 Å². The van der Waals surface area contributed by atoms with Gasteiger partial charge in [0.1, 0.15) is 24.4 Å². The van der Waals surface area contributed by atoms with E-state index < -0.39 is 30.2 Å². The van der Waals surface area contributed by atoms with Gasteiger partial charge in [0.25, 0.3) is 0 Å². The molecule has 1 fully saturated rings. The molecule has 1 aliphatic rings. The molecule has 17 heavy (non-hydrogen) atoms. The van der Waals surface area contributed by atoms with E-state index in [0.717, 1.165) is 0 Å². The Morgan fingerprint density at radius 3 is 1.59 bits per heavy atom. The SMILES string of the molecule is CO[C@H](CO)[C@H]1OC(C)(C)O[C@@H]1[C@@H](CO)OC. The van der Waals surface area contributed by atoms with Gasteiger partial charge in [-0.2, -0.15) is 0 Å². The van der Waals surface area contributed by atoms with Crippen LogP contribution >= 0.6 is 0 Å². The fraction of sp³-hybridized carbons (Fsp3) is 1.00. The van der Waals surface area contributed by atoms with Crippen LogP contribution in [-0.2, 0) is 18.9 Å². The standard InChI is InChI=1S/C11H22O6/c1-11(2)16-9(7(5-12)14-3)10(17-11)8(6-13)15-4/h7-10,12-13H,5-6H2,1-4H3/t7-,8-,9-,10-/m1/s1. The minimum Gasteiger partial charge on any atom is -0.394 e. The van der Waals surface area contributed by atoms with Gasteiger partial charge in [-0.05, 0) is 13.8 Å². The van der Waals surface area contributed by atoms with Crippen LogP contribution in [0.4, 0.5) is 0 Å². The predicted octanol–water partition coefficient (Wildman–Crippen LogP) is -0.479. The van der Waals surface area contributed by atoms with Crippen molar-refractivity contribution in [2.75, 3.05) is 27.4 Å². The number of hydrogen-bond acceptors (Lipinski definition) is 6. The summed E-state index contributed by atoms with van der Waals surface area (Å²) in [7, 11) is 2.99. The van der Waals surface area contributed by atoms with Gasteiger partial charge in [0.15, 0.2) is 5.79 Å². The van der Waals surface area contributed by atoms with E-state index in [2.05, 4.69) is 0 Å². The van der Waals surface area contributed by atoms with Crippen LogP contribution < -0.4 is 0 Å². The summed E-state index contributed by atoms with van der Waals surface area (Å²) in [5.41, 5.74) is 0. The summed E-state index contributed by atoms with van der Waals surface area (Å²) in [6.07, 6.45) is -1.97. The first-order valence-electron chi connectivity index (χ1n) is 5.62. The zero-order valence-corrected chi connectivity index (χ0v) is 10.8. The fourth-order valence-electron chi connectivity index (χ4n) is 2.02. The first-order valence-corrected chi connectivity index (χ1v) is 5.62. The van der Waals surface area contributed by atoms with Gasteiger partial charge >= 0.3 is 0 Å². The molecule has 2 N–H and O–H groups in total. The molecule has 0 unspecified atom stereocenters. The maximum Gasteiger partial charge on any atom is 0.164 e. The minimum absolute atomic E-state index is 0.182. The van der Waals surface area contributed by atoms with Crippen LogP contribution in [0.3, 0.4) is 0 Å². The van der Waals surface area contributed by atoms with Crippen LogP contribution in [0.2, 0.25) is 0 Å². The Morgan fingerprint density at radius 2 is 1.35 bits per heavy atom. The molecule has 0 radical (unpaired) electrons. The van der Waals surface area contributed by atoms with Crippen molar-refractivity contribution in [2.45, 2.75) is 44.1 Å². The lowest BCUT2D eigenvalue weighted by Crippen LogP contribution is -2.46. The second-order valence-electron chi connectivity index (χ2n) is 4.48. The van der Waals surface area contributed by atoms with Gasteiger partial charge in [0.05, 0.1) is 13.2 Å². The van der Waals surface area contributed by atoms with E-state index in [0.29, 0.717) is 0 Å². The van der Waals surface area contributed by atoms with Crippen molar-refractivity contribution in [3.05, 3.63) is 0 Å². The Balaban J connectivity index is 2.83. The van der Waals surface area contributed by atoms with Gasteiger partial charge in [0.2, 0.25) is 0 Å². The molecule has 0 aromatic carbocycles. The minimum atomic E-state index is -0.784. The summed E-state index contributed by atoms with van der Waals surface area (Å²) in [6, 6.07) is 0. The Kier molecular flexibility index (Phi) is 5.30. The van der Waals surface area contributed by atoms with E-state index in [4.69, 9.17) is 18.9 Å². The van der Waals surface area contributed by atoms with Gasteiger partial charge in [-0.1, -0.05) is 0 Å². The highest BCUT2D eigenvalue weighted by atomic mass is 16.8. The lowest BCUT2D eigenvalue weighted by molar-refractivity contribution is -0.166. The van der Waals surface area contributed by atoms with Crippen molar-refractivity contribution >= 4 is 0 Å². The first kappa shape index (κ1) is 14.8. The summed E-state index contributed by atoms with van der Waals surface area (Å²) in [5, 5.41) is 18.5. The van der Waals surface area contributed by atoms with E-state index in [1.165, 1.54) is 14.2 Å². The van der Waals surface area contributed by atoms with E-state index in [1.54, 1.807) is 13.8 Å². The van der Waals surface area contributed by atoms with Crippen molar-refractivity contribution in [2.24, 2.45) is 0 Å². The van der Waals surface area contributed by atoms with Crippen LogP contribution in [0.25, 0.3) is 0 Å². The van der Waals surface area contributed by atoms with Gasteiger partial charge in [-0.3, -0.25) is 0 Å². The maximum absolute atomic E-state index is 9.24. The molecular formula is C11H22O6. The van der Waals surface area contributed by atoms with Gasteiger partial charge in [0, 0.05) is 14.2 Å². The third-order valence-electron chi connectivity index (χ3n) is 2.86. The molecule has 0 aliphatic carbocycles. The second-order valence-corrected chi connectivity index (χ2v) is 4.48. The molecule has 0 bridgehead atoms. The van der Waals surface area contributed by atoms with Crippen molar-refractivity contribution in [3.8, 4) is 0 Å². The summed E-state index contributed by atoms with van der Waals surface area (Å²) >= 11 is 0. The molecule has 6 heteroatoms. The maximum atomic E-state index is 9.24. The molecule has 4 atom stereocenters. The lowest BCUT2D eigenvalue weighted by atomic mass is 10.0. The number of methoxy groups -OCH3 is 2. The molecule has 0 saturated carbocycles. The fourth-order valence-corrected chi connectivity index (χ4v) is 2.02. The normalized spacial score (nSPS) is 31.4. The third-order valence-corrected chi connectivity index (χ3v) is 2.86. The zero-order chi connectivity index (χ0) is 13.1. The van der Waals surface area contributed by atoms with Gasteiger partial charge < -0.3 is 29.2 Å². The largest absolute Gasteiger partial charge is 0.394 e. The third kappa shape index (κ3) is 3.37. The molecule has 6 nitrogen and oxygen atoms in total. The number of hydrogen-bond donors (Lipinski definition) is 2. The molecule has 0 aromatic rings. The number of aliphatic hydroxyl groups is 2. The highest BCUT2D eigenvalue weighted by Crippen LogP contribution is 2.33. The summed E-state index contributed by atoms with van der Waals surface area (Å²) in [4.78, 5) is 0. The van der Waals surface area contributed by atoms with Crippen LogP contribution in [0.5, 0.6) is 0 Å². The average molecular weight is 250 g/mol. The second kappa shape index (κ2) is 6.08. The zero-order valence-electron chi connectivity index (χ0n) is 10.8. The highest BCUT2D eigenvalue weighted by Gasteiger charge is 2.48. The van der Waals surface area contributed by atoms with E-state index >= 15 is 0 Å². The molecule has 1 rings (SSSR count). The molecule has 0 spiro atoms. The number of aliphatic hydroxyl groups excluding tert-OH is 2. The van der Waals surface area contributed by atoms with Crippen LogP contribution in [0.15, 0.2) is 0 Å². The van der Waals surface area contributed by atoms with Crippen LogP contribution in [0.1, 0.15) is 13.8 Å². The van der Waals surface area contributed by atoms with Crippen LogP contribution in [-0.4, -0.2) is 67.8 Å². The predicted molar refractivity (Wildman–Crippen MR) is 59.6 cm³/mol. The molecule has 0 aromatic heterocycles. The average Bonchev–Trinajstić information content (AvgIpc) is 2.59. The van der Waals surface area contributed by atoms with Crippen molar-refractivity contribution in [1.29, 1.82) is 0 Å². The highest BCUT2D eigenvalue weighted by molar-refractivity contribution is 4.91. The molecule has 1 saturated heterocycles. The van der Waals surface area contributed by atoms with Gasteiger partial charge in [-0.15, -0.1) is 0 Å². The Morgan fingerprint density at radius 1 is 1.00 bits per heavy atom. The smallest absolute Gasteiger partial charge is 0.164 e. The molecular weight excluding hydrogens is 228 g/mol. The summed E-state index contributed by atoms with van der Waals surface area (Å²) in [6.45, 7) is 3.18. The Bertz CT molecular complexity index is 202. The van der Waals surface area contributed by atoms with Gasteiger partial charge in [-0.25, -0.2) is 0 Å². The first-order chi connectivity index (χ1) is 7.99. The topological polar surface area (TPSA) is 77.4 Å². The molecule has 0 amide bonds. The molecule has 1 aliphatic heterocycles. The summed E-state index contributed by atoms with van der Waals surface area (Å²) < 4.78 is 21.7. The number of ether oxygens (including phenoxy) is 4. The quantitative estimate of drug-likeness (QED) is 0.663. The lowest BCUT2D eigenvalue weighted by Gasteiger charge is -2.27. The van der Waals surface area contributed by atoms with Crippen molar-refractivity contribution < 1.29 is 29.2 Å². The molecule has 102 valence electrons. The van der Waals surface area contributed by atoms with Crippen molar-refractivity contribution in [3.63, 3.8) is 0 Å². The summed E-state index contributed by atoms with van der Waals surface area (Å²) in [5.74, 6) is -0.784. The Hall–Kier alpha value is -0.240. The number of rotatable bonds is 6. The Labute approximate surface area is 101 Å². The van der Waals surface area contributed by atoms with Crippen molar-refractivity contribution in [1.82, 2.24) is 0 Å². The van der Waals surface area contributed by atoms with E-state index in [1.807, 2.05) is 0 Å². The van der Waals surface area contributed by atoms with E-state index in [9.17, 15) is 10.2 Å². The monoisotopic (exact) mass is 250 g/mol.